The van der Waals surface area contributed by atoms with Crippen molar-refractivity contribution in [2.75, 3.05) is 0 Å². The van der Waals surface area contributed by atoms with Crippen molar-refractivity contribution in [2.24, 2.45) is 0 Å². The molecule has 1 heterocycles. The van der Waals surface area contributed by atoms with Gasteiger partial charge in [-0.15, -0.1) is 0 Å². The van der Waals surface area contributed by atoms with Gasteiger partial charge in [-0.1, -0.05) is 22.0 Å². The summed E-state index contributed by atoms with van der Waals surface area (Å²) in [6.45, 7) is 1.38. The lowest BCUT2D eigenvalue weighted by Gasteiger charge is -2.04. The highest BCUT2D eigenvalue weighted by Gasteiger charge is 2.17. The van der Waals surface area contributed by atoms with E-state index in [1.54, 1.807) is 0 Å². The standard InChI is InChI=1S/C9H9BrO2/c10-9-2-1-6(3-11)7-4-12-5-8(7)9/h1-2,11H,3-5H2. The number of hydrogen-bond donors (Lipinski definition) is 1. The van der Waals surface area contributed by atoms with E-state index in [9.17, 15) is 0 Å². The topological polar surface area (TPSA) is 29.5 Å². The SMILES string of the molecule is OCc1ccc(Br)c2c1COC2. The van der Waals surface area contributed by atoms with Crippen LogP contribution in [-0.4, -0.2) is 5.11 Å². The van der Waals surface area contributed by atoms with E-state index in [1.165, 1.54) is 5.56 Å². The molecule has 0 saturated carbocycles. The lowest BCUT2D eigenvalue weighted by Crippen LogP contribution is -1.93. The zero-order valence-corrected chi connectivity index (χ0v) is 8.10. The van der Waals surface area contributed by atoms with Gasteiger partial charge in [0.25, 0.3) is 0 Å². The molecule has 0 spiro atoms. The van der Waals surface area contributed by atoms with Crippen molar-refractivity contribution in [1.29, 1.82) is 0 Å². The molecule has 0 aromatic heterocycles. The zero-order valence-electron chi connectivity index (χ0n) is 6.51. The highest BCUT2D eigenvalue weighted by atomic mass is 79.9. The normalized spacial score (nSPS) is 14.8. The van der Waals surface area contributed by atoms with Crippen LogP contribution in [0.15, 0.2) is 16.6 Å². The molecule has 12 heavy (non-hydrogen) atoms. The Labute approximate surface area is 79.3 Å². The molecule has 0 saturated heterocycles. The Morgan fingerprint density at radius 1 is 1.33 bits per heavy atom. The average molecular weight is 229 g/mol. The van der Waals surface area contributed by atoms with Gasteiger partial charge >= 0.3 is 0 Å². The number of aliphatic hydroxyl groups excluding tert-OH is 1. The highest BCUT2D eigenvalue weighted by Crippen LogP contribution is 2.30. The molecule has 1 aromatic rings. The maximum atomic E-state index is 9.02. The summed E-state index contributed by atoms with van der Waals surface area (Å²) in [5, 5.41) is 9.02. The number of halogens is 1. The molecule has 0 radical (unpaired) electrons. The molecule has 2 nitrogen and oxygen atoms in total. The molecule has 1 aliphatic rings. The minimum absolute atomic E-state index is 0.0962. The lowest BCUT2D eigenvalue weighted by atomic mass is 10.0. The molecule has 0 bridgehead atoms. The molecule has 1 aliphatic heterocycles. The van der Waals surface area contributed by atoms with Crippen molar-refractivity contribution in [1.82, 2.24) is 0 Å². The van der Waals surface area contributed by atoms with Gasteiger partial charge in [0.2, 0.25) is 0 Å². The molecule has 0 unspecified atom stereocenters. The van der Waals surface area contributed by atoms with E-state index in [2.05, 4.69) is 15.9 Å². The Morgan fingerprint density at radius 2 is 2.08 bits per heavy atom. The van der Waals surface area contributed by atoms with Crippen LogP contribution in [0.5, 0.6) is 0 Å². The van der Waals surface area contributed by atoms with Gasteiger partial charge in [0.05, 0.1) is 19.8 Å². The molecular formula is C9H9BrO2. The van der Waals surface area contributed by atoms with Crippen LogP contribution in [0.4, 0.5) is 0 Å². The predicted molar refractivity (Wildman–Crippen MR) is 48.6 cm³/mol. The van der Waals surface area contributed by atoms with Gasteiger partial charge in [-0.3, -0.25) is 0 Å². The Kier molecular flexibility index (Phi) is 2.17. The second-order valence-corrected chi connectivity index (χ2v) is 3.67. The lowest BCUT2D eigenvalue weighted by molar-refractivity contribution is 0.133. The second-order valence-electron chi connectivity index (χ2n) is 2.81. The van der Waals surface area contributed by atoms with Gasteiger partial charge in [-0.2, -0.15) is 0 Å². The number of ether oxygens (including phenoxy) is 1. The first-order valence-electron chi connectivity index (χ1n) is 3.80. The van der Waals surface area contributed by atoms with Crippen LogP contribution < -0.4 is 0 Å². The van der Waals surface area contributed by atoms with E-state index >= 15 is 0 Å². The number of aliphatic hydroxyl groups is 1. The Hall–Kier alpha value is -0.380. The maximum absolute atomic E-state index is 9.02. The van der Waals surface area contributed by atoms with Crippen LogP contribution in [0, 0.1) is 0 Å². The highest BCUT2D eigenvalue weighted by molar-refractivity contribution is 9.10. The summed E-state index contributed by atoms with van der Waals surface area (Å²) in [7, 11) is 0. The summed E-state index contributed by atoms with van der Waals surface area (Å²) in [4.78, 5) is 0. The van der Waals surface area contributed by atoms with Gasteiger partial charge < -0.3 is 9.84 Å². The molecule has 3 heteroatoms. The van der Waals surface area contributed by atoms with Gasteiger partial charge in [0.15, 0.2) is 0 Å². The number of benzene rings is 1. The van der Waals surface area contributed by atoms with Crippen LogP contribution in [0.25, 0.3) is 0 Å². The van der Waals surface area contributed by atoms with Crippen molar-refractivity contribution in [3.63, 3.8) is 0 Å². The number of rotatable bonds is 1. The Bertz CT molecular complexity index is 310. The zero-order chi connectivity index (χ0) is 8.55. The molecule has 0 atom stereocenters. The average Bonchev–Trinajstić information content (AvgIpc) is 2.54. The fraction of sp³-hybridized carbons (Fsp3) is 0.333. The summed E-state index contributed by atoms with van der Waals surface area (Å²) in [5.74, 6) is 0. The van der Waals surface area contributed by atoms with Crippen molar-refractivity contribution >= 4 is 15.9 Å². The summed E-state index contributed by atoms with van der Waals surface area (Å²) in [6.07, 6.45) is 0. The molecule has 64 valence electrons. The first-order chi connectivity index (χ1) is 5.83. The first-order valence-corrected chi connectivity index (χ1v) is 4.60. The van der Waals surface area contributed by atoms with E-state index in [1.807, 2.05) is 12.1 Å². The molecule has 1 N–H and O–H groups in total. The van der Waals surface area contributed by atoms with Crippen molar-refractivity contribution < 1.29 is 9.84 Å². The van der Waals surface area contributed by atoms with Crippen molar-refractivity contribution in [3.8, 4) is 0 Å². The van der Waals surface area contributed by atoms with Crippen molar-refractivity contribution in [2.45, 2.75) is 19.8 Å². The summed E-state index contributed by atoms with van der Waals surface area (Å²) in [5.41, 5.74) is 3.30. The monoisotopic (exact) mass is 228 g/mol. The minimum Gasteiger partial charge on any atom is -0.392 e. The smallest absolute Gasteiger partial charge is 0.0736 e. The minimum atomic E-state index is 0.0962. The van der Waals surface area contributed by atoms with E-state index in [0.717, 1.165) is 15.6 Å². The Balaban J connectivity index is 2.57. The summed E-state index contributed by atoms with van der Waals surface area (Å²) >= 11 is 3.45. The summed E-state index contributed by atoms with van der Waals surface area (Å²) < 4.78 is 6.37. The Morgan fingerprint density at radius 3 is 2.83 bits per heavy atom. The largest absolute Gasteiger partial charge is 0.392 e. The van der Waals surface area contributed by atoms with Gasteiger partial charge in [-0.05, 0) is 22.8 Å². The molecule has 0 amide bonds. The van der Waals surface area contributed by atoms with E-state index in [-0.39, 0.29) is 6.61 Å². The molecule has 2 rings (SSSR count). The van der Waals surface area contributed by atoms with Crippen LogP contribution >= 0.6 is 15.9 Å². The molecular weight excluding hydrogens is 220 g/mol. The van der Waals surface area contributed by atoms with Gasteiger partial charge in [0.1, 0.15) is 0 Å². The third-order valence-electron chi connectivity index (χ3n) is 2.13. The molecule has 0 aliphatic carbocycles. The van der Waals surface area contributed by atoms with E-state index < -0.39 is 0 Å². The number of hydrogen-bond acceptors (Lipinski definition) is 2. The number of fused-ring (bicyclic) bond motifs is 1. The quantitative estimate of drug-likeness (QED) is 0.797. The third-order valence-corrected chi connectivity index (χ3v) is 2.88. The molecule has 0 fully saturated rings. The summed E-state index contributed by atoms with van der Waals surface area (Å²) in [6, 6.07) is 3.89. The fourth-order valence-corrected chi connectivity index (χ4v) is 1.94. The van der Waals surface area contributed by atoms with Crippen molar-refractivity contribution in [3.05, 3.63) is 33.3 Å². The van der Waals surface area contributed by atoms with E-state index in [0.29, 0.717) is 13.2 Å². The maximum Gasteiger partial charge on any atom is 0.0736 e. The molecule has 1 aromatic carbocycles. The van der Waals surface area contributed by atoms with Gasteiger partial charge in [-0.25, -0.2) is 0 Å². The van der Waals surface area contributed by atoms with Crippen LogP contribution in [0.3, 0.4) is 0 Å². The van der Waals surface area contributed by atoms with Crippen LogP contribution in [0.1, 0.15) is 16.7 Å². The second kappa shape index (κ2) is 3.17. The van der Waals surface area contributed by atoms with Crippen LogP contribution in [-0.2, 0) is 24.6 Å². The van der Waals surface area contributed by atoms with Crippen LogP contribution in [0.2, 0.25) is 0 Å². The van der Waals surface area contributed by atoms with Gasteiger partial charge in [0, 0.05) is 4.47 Å². The predicted octanol–water partition coefficient (Wildman–Crippen LogP) is 1.97. The fourth-order valence-electron chi connectivity index (χ4n) is 1.45. The first kappa shape index (κ1) is 8.23. The van der Waals surface area contributed by atoms with E-state index in [4.69, 9.17) is 9.84 Å². The third kappa shape index (κ3) is 1.18.